The summed E-state index contributed by atoms with van der Waals surface area (Å²) in [6, 6.07) is 1.37. The fourth-order valence-corrected chi connectivity index (χ4v) is 3.71. The molecule has 0 unspecified atom stereocenters. The van der Waals surface area contributed by atoms with E-state index in [-0.39, 0.29) is 40.8 Å². The number of phenolic OH excluding ortho intramolecular Hbond substituents is 1. The van der Waals surface area contributed by atoms with Gasteiger partial charge < -0.3 is 19.4 Å². The molecule has 0 saturated carbocycles. The van der Waals surface area contributed by atoms with E-state index in [1.165, 1.54) is 6.07 Å². The molecule has 0 aliphatic carbocycles. The monoisotopic (exact) mass is 388 g/mol. The van der Waals surface area contributed by atoms with Crippen LogP contribution in [0.4, 0.5) is 0 Å². The minimum atomic E-state index is -1.17. The fourth-order valence-electron chi connectivity index (χ4n) is 3.71. The molecule has 3 rings (SSSR count). The second-order valence-corrected chi connectivity index (χ2v) is 8.21. The summed E-state index contributed by atoms with van der Waals surface area (Å²) in [6.07, 6.45) is 1.63. The molecule has 0 radical (unpaired) electrons. The van der Waals surface area contributed by atoms with Gasteiger partial charge in [-0.3, -0.25) is 4.79 Å². The number of aryl methyl sites for hydroxylation is 1. The summed E-state index contributed by atoms with van der Waals surface area (Å²) >= 11 is 0. The van der Waals surface area contributed by atoms with E-state index in [2.05, 4.69) is 0 Å². The molecule has 0 fully saturated rings. The first-order valence-corrected chi connectivity index (χ1v) is 9.87. The van der Waals surface area contributed by atoms with Gasteiger partial charge in [-0.2, -0.15) is 0 Å². The van der Waals surface area contributed by atoms with E-state index in [1.54, 1.807) is 20.8 Å². The number of hydrogen-bond acceptors (Lipinski definition) is 6. The van der Waals surface area contributed by atoms with Crippen LogP contribution in [-0.2, 0) is 12.8 Å². The number of benzene rings is 1. The molecule has 0 bridgehead atoms. The topological polar surface area (TPSA) is 97.0 Å². The molecule has 2 aromatic rings. The van der Waals surface area contributed by atoms with Crippen LogP contribution in [0.3, 0.4) is 0 Å². The number of fused-ring (bicyclic) bond motifs is 3. The lowest BCUT2D eigenvalue weighted by atomic mass is 9.89. The summed E-state index contributed by atoms with van der Waals surface area (Å²) in [6.45, 7) is 8.94. The van der Waals surface area contributed by atoms with E-state index in [4.69, 9.17) is 9.15 Å². The molecule has 28 heavy (non-hydrogen) atoms. The van der Waals surface area contributed by atoms with Crippen molar-refractivity contribution in [2.75, 3.05) is 0 Å². The molecule has 1 aliphatic heterocycles. The molecule has 2 atom stereocenters. The Balaban J connectivity index is 2.39. The molecule has 0 saturated heterocycles. The van der Waals surface area contributed by atoms with Gasteiger partial charge in [-0.25, -0.2) is 4.79 Å². The lowest BCUT2D eigenvalue weighted by Gasteiger charge is -2.25. The quantitative estimate of drug-likeness (QED) is 0.578. The maximum Gasteiger partial charge on any atom is 0.336 e. The molecule has 1 aromatic heterocycles. The number of rotatable bonds is 6. The molecule has 0 spiro atoms. The second-order valence-electron chi connectivity index (χ2n) is 8.21. The van der Waals surface area contributed by atoms with Crippen LogP contribution in [0.1, 0.15) is 68.9 Å². The maximum atomic E-state index is 13.1. The van der Waals surface area contributed by atoms with Gasteiger partial charge in [-0.1, -0.05) is 27.2 Å². The molecule has 1 aromatic carbocycles. The number of hydrogen-bond donors (Lipinski definition) is 2. The van der Waals surface area contributed by atoms with Crippen LogP contribution in [0, 0.1) is 5.92 Å². The zero-order valence-corrected chi connectivity index (χ0v) is 17.1. The average Bonchev–Trinajstić information content (AvgIpc) is 3.06. The first-order chi connectivity index (χ1) is 13.1. The number of phenols is 1. The Bertz CT molecular complexity index is 979. The van der Waals surface area contributed by atoms with Crippen LogP contribution in [0.15, 0.2) is 15.3 Å². The van der Waals surface area contributed by atoms with Crippen LogP contribution >= 0.6 is 0 Å². The largest absolute Gasteiger partial charge is 0.506 e. The molecule has 2 N–H and O–H groups in total. The molecule has 1 aliphatic rings. The highest BCUT2D eigenvalue weighted by Crippen LogP contribution is 2.47. The zero-order chi connectivity index (χ0) is 20.8. The summed E-state index contributed by atoms with van der Waals surface area (Å²) < 4.78 is 11.4. The summed E-state index contributed by atoms with van der Waals surface area (Å²) in [5.74, 6) is -0.507. The van der Waals surface area contributed by atoms with Gasteiger partial charge in [0.25, 0.3) is 0 Å². The fraction of sp³-hybridized carbons (Fsp3) is 0.545. The van der Waals surface area contributed by atoms with E-state index < -0.39 is 17.3 Å². The average molecular weight is 388 g/mol. The zero-order valence-electron chi connectivity index (χ0n) is 17.1. The SMILES string of the molecule is CCCc1cc(=O)oc2c3c(c(C(=O)[C@H](C)CC)c(O)c12)O[C@H](C(C)(C)O)C3. The molecular weight excluding hydrogens is 360 g/mol. The smallest absolute Gasteiger partial charge is 0.336 e. The lowest BCUT2D eigenvalue weighted by Crippen LogP contribution is -2.39. The molecule has 152 valence electrons. The molecule has 0 amide bonds. The third kappa shape index (κ3) is 3.30. The summed E-state index contributed by atoms with van der Waals surface area (Å²) in [7, 11) is 0. The minimum absolute atomic E-state index is 0.120. The first kappa shape index (κ1) is 20.4. The van der Waals surface area contributed by atoms with Crippen LogP contribution in [0.2, 0.25) is 0 Å². The molecule has 2 heterocycles. The van der Waals surface area contributed by atoms with Crippen molar-refractivity contribution in [1.82, 2.24) is 0 Å². The molecular formula is C22H28O6. The van der Waals surface area contributed by atoms with Gasteiger partial charge in [0.05, 0.1) is 11.0 Å². The Labute approximate surface area is 164 Å². The van der Waals surface area contributed by atoms with Crippen molar-refractivity contribution in [3.63, 3.8) is 0 Å². The Hall–Kier alpha value is -2.34. The molecule has 6 heteroatoms. The van der Waals surface area contributed by atoms with Crippen LogP contribution in [-0.4, -0.2) is 27.7 Å². The summed E-state index contributed by atoms with van der Waals surface area (Å²) in [4.78, 5) is 25.2. The van der Waals surface area contributed by atoms with Gasteiger partial charge in [0.1, 0.15) is 28.7 Å². The number of carbonyl (C=O) groups excluding carboxylic acids is 1. The van der Waals surface area contributed by atoms with Gasteiger partial charge in [0.2, 0.25) is 0 Å². The van der Waals surface area contributed by atoms with E-state index in [1.807, 2.05) is 13.8 Å². The predicted octanol–water partition coefficient (Wildman–Crippen LogP) is 3.75. The van der Waals surface area contributed by atoms with Gasteiger partial charge >= 0.3 is 5.63 Å². The van der Waals surface area contributed by atoms with Gasteiger partial charge in [-0.05, 0) is 32.3 Å². The van der Waals surface area contributed by atoms with E-state index in [0.29, 0.717) is 29.4 Å². The Morgan fingerprint density at radius 1 is 1.36 bits per heavy atom. The van der Waals surface area contributed by atoms with E-state index >= 15 is 0 Å². The Morgan fingerprint density at radius 3 is 2.61 bits per heavy atom. The third-order valence-corrected chi connectivity index (χ3v) is 5.56. The van der Waals surface area contributed by atoms with E-state index in [0.717, 1.165) is 6.42 Å². The standard InChI is InChI=1S/C22H28O6/c1-6-8-12-9-15(23)28-20-13-10-14(22(4,5)26)27-21(13)17(19(25)16(12)20)18(24)11(3)7-2/h9,11,14,25-26H,6-8,10H2,1-5H3/t11-,14+/m1/s1. The van der Waals surface area contributed by atoms with Crippen molar-refractivity contribution >= 4 is 16.8 Å². The number of aromatic hydroxyl groups is 1. The molecule has 6 nitrogen and oxygen atoms in total. The highest BCUT2D eigenvalue weighted by atomic mass is 16.5. The number of ether oxygens (including phenoxy) is 1. The second kappa shape index (κ2) is 7.24. The third-order valence-electron chi connectivity index (χ3n) is 5.56. The van der Waals surface area contributed by atoms with Crippen molar-refractivity contribution in [2.45, 2.75) is 72.0 Å². The highest BCUT2D eigenvalue weighted by Gasteiger charge is 2.41. The number of aliphatic hydroxyl groups is 1. The normalized spacial score (nSPS) is 17.4. The summed E-state index contributed by atoms with van der Waals surface area (Å²) in [5.41, 5.74) is -0.101. The van der Waals surface area contributed by atoms with Gasteiger partial charge in [-0.15, -0.1) is 0 Å². The van der Waals surface area contributed by atoms with Crippen molar-refractivity contribution in [3.05, 3.63) is 33.2 Å². The predicted molar refractivity (Wildman–Crippen MR) is 106 cm³/mol. The van der Waals surface area contributed by atoms with Crippen LogP contribution in [0.5, 0.6) is 11.5 Å². The first-order valence-electron chi connectivity index (χ1n) is 9.87. The van der Waals surface area contributed by atoms with Crippen molar-refractivity contribution in [2.24, 2.45) is 5.92 Å². The van der Waals surface area contributed by atoms with Crippen LogP contribution < -0.4 is 10.4 Å². The maximum absolute atomic E-state index is 13.1. The summed E-state index contributed by atoms with van der Waals surface area (Å²) in [5, 5.41) is 21.9. The van der Waals surface area contributed by atoms with Gasteiger partial charge in [0.15, 0.2) is 5.78 Å². The van der Waals surface area contributed by atoms with E-state index in [9.17, 15) is 19.8 Å². The highest BCUT2D eigenvalue weighted by molar-refractivity contribution is 6.09. The Morgan fingerprint density at radius 2 is 2.04 bits per heavy atom. The van der Waals surface area contributed by atoms with Crippen LogP contribution in [0.25, 0.3) is 11.0 Å². The van der Waals surface area contributed by atoms with Crippen molar-refractivity contribution < 1.29 is 24.2 Å². The minimum Gasteiger partial charge on any atom is -0.506 e. The number of carbonyl (C=O) groups is 1. The number of Topliss-reactive ketones (excluding diaryl/α,β-unsaturated/α-hetero) is 1. The van der Waals surface area contributed by atoms with Gasteiger partial charge in [0, 0.05) is 24.0 Å². The van der Waals surface area contributed by atoms with Crippen molar-refractivity contribution in [3.8, 4) is 11.5 Å². The number of ketones is 1. The lowest BCUT2D eigenvalue weighted by molar-refractivity contribution is -0.0232. The Kier molecular flexibility index (Phi) is 5.28. The van der Waals surface area contributed by atoms with Crippen molar-refractivity contribution in [1.29, 1.82) is 0 Å².